The van der Waals surface area contributed by atoms with Crippen LogP contribution in [0.3, 0.4) is 0 Å². The molecule has 0 aliphatic heterocycles. The van der Waals surface area contributed by atoms with Crippen LogP contribution in [0.1, 0.15) is 68.7 Å². The molecular weight excluding hydrogens is 256 g/mol. The lowest BCUT2D eigenvalue weighted by Gasteiger charge is -2.43. The maximum atomic E-state index is 12.4. The van der Waals surface area contributed by atoms with Gasteiger partial charge in [0.25, 0.3) is 0 Å². The number of esters is 1. The van der Waals surface area contributed by atoms with Gasteiger partial charge in [-0.15, -0.1) is 12.6 Å². The standard InChI is InChI=1S/C16H32O2S/c1-11(2)12(19)18-13(17)16(8,9)15(6,7)10-14(3,4)5/h11-12,19H,10H2,1-9H3. The third-order valence-corrected chi connectivity index (χ3v) is 4.67. The first-order chi connectivity index (χ1) is 8.21. The number of rotatable bonds is 5. The minimum atomic E-state index is -0.532. The Labute approximate surface area is 125 Å². The molecule has 0 spiro atoms. The summed E-state index contributed by atoms with van der Waals surface area (Å²) in [6.45, 7) is 18.8. The summed E-state index contributed by atoms with van der Waals surface area (Å²) in [5.41, 5.74) is -0.820. The third-order valence-electron chi connectivity index (χ3n) is 3.97. The summed E-state index contributed by atoms with van der Waals surface area (Å²) in [5.74, 6) is 0.0595. The SMILES string of the molecule is CC(C)C(S)OC(=O)C(C)(C)C(C)(C)CC(C)(C)C. The lowest BCUT2D eigenvalue weighted by Crippen LogP contribution is -2.44. The molecule has 0 aliphatic rings. The summed E-state index contributed by atoms with van der Waals surface area (Å²) in [6.07, 6.45) is 0.959. The predicted octanol–water partition coefficient (Wildman–Crippen LogP) is 4.93. The molecular formula is C16H32O2S. The van der Waals surface area contributed by atoms with Gasteiger partial charge in [-0.2, -0.15) is 0 Å². The molecule has 3 heteroatoms. The fourth-order valence-corrected chi connectivity index (χ4v) is 2.31. The summed E-state index contributed by atoms with van der Waals surface area (Å²) in [4.78, 5) is 12.4. The maximum absolute atomic E-state index is 12.4. The highest BCUT2D eigenvalue weighted by atomic mass is 32.1. The van der Waals surface area contributed by atoms with Crippen molar-refractivity contribution in [2.24, 2.45) is 22.2 Å². The van der Waals surface area contributed by atoms with Crippen molar-refractivity contribution >= 4 is 18.6 Å². The molecule has 0 aromatic carbocycles. The number of hydrogen-bond donors (Lipinski definition) is 1. The summed E-state index contributed by atoms with van der Waals surface area (Å²) in [6, 6.07) is 0. The van der Waals surface area contributed by atoms with E-state index in [2.05, 4.69) is 47.2 Å². The van der Waals surface area contributed by atoms with Crippen LogP contribution in [0, 0.1) is 22.2 Å². The van der Waals surface area contributed by atoms with E-state index in [1.165, 1.54) is 0 Å². The second kappa shape index (κ2) is 6.07. The Hall–Kier alpha value is -0.180. The largest absolute Gasteiger partial charge is 0.451 e. The molecule has 0 rings (SSSR count). The predicted molar refractivity (Wildman–Crippen MR) is 85.3 cm³/mol. The van der Waals surface area contributed by atoms with Gasteiger partial charge in [0.05, 0.1) is 5.41 Å². The molecule has 0 N–H and O–H groups in total. The van der Waals surface area contributed by atoms with Gasteiger partial charge >= 0.3 is 5.97 Å². The Morgan fingerprint density at radius 1 is 1.05 bits per heavy atom. The molecule has 0 heterocycles. The van der Waals surface area contributed by atoms with Crippen molar-refractivity contribution in [2.75, 3.05) is 0 Å². The lowest BCUT2D eigenvalue weighted by atomic mass is 9.61. The van der Waals surface area contributed by atoms with E-state index in [-0.39, 0.29) is 28.2 Å². The van der Waals surface area contributed by atoms with E-state index in [0.29, 0.717) is 0 Å². The summed E-state index contributed by atoms with van der Waals surface area (Å²) >= 11 is 4.34. The van der Waals surface area contributed by atoms with E-state index in [1.807, 2.05) is 27.7 Å². The Kier molecular flexibility index (Phi) is 6.01. The quantitative estimate of drug-likeness (QED) is 0.441. The minimum Gasteiger partial charge on any atom is -0.451 e. The van der Waals surface area contributed by atoms with Gasteiger partial charge in [0.2, 0.25) is 0 Å². The summed E-state index contributed by atoms with van der Waals surface area (Å²) < 4.78 is 5.50. The molecule has 0 saturated heterocycles. The van der Waals surface area contributed by atoms with E-state index >= 15 is 0 Å². The van der Waals surface area contributed by atoms with Gasteiger partial charge in [0.1, 0.15) is 5.44 Å². The van der Waals surface area contributed by atoms with E-state index < -0.39 is 5.41 Å². The zero-order chi connectivity index (χ0) is 15.6. The van der Waals surface area contributed by atoms with Crippen molar-refractivity contribution in [3.63, 3.8) is 0 Å². The van der Waals surface area contributed by atoms with E-state index in [9.17, 15) is 4.79 Å². The maximum Gasteiger partial charge on any atom is 0.313 e. The number of hydrogen-bond acceptors (Lipinski definition) is 3. The average Bonchev–Trinajstić information content (AvgIpc) is 2.12. The van der Waals surface area contributed by atoms with Crippen LogP contribution in [0.25, 0.3) is 0 Å². The van der Waals surface area contributed by atoms with Crippen LogP contribution < -0.4 is 0 Å². The first-order valence-corrected chi connectivity index (χ1v) is 7.61. The molecule has 0 amide bonds. The van der Waals surface area contributed by atoms with Gasteiger partial charge in [-0.3, -0.25) is 4.79 Å². The molecule has 0 aliphatic carbocycles. The Morgan fingerprint density at radius 2 is 1.47 bits per heavy atom. The molecule has 114 valence electrons. The van der Waals surface area contributed by atoms with Crippen molar-refractivity contribution in [3.8, 4) is 0 Å². The van der Waals surface area contributed by atoms with Gasteiger partial charge < -0.3 is 4.74 Å². The van der Waals surface area contributed by atoms with Gasteiger partial charge in [-0.1, -0.05) is 48.5 Å². The first-order valence-electron chi connectivity index (χ1n) is 7.10. The molecule has 1 atom stereocenters. The molecule has 0 radical (unpaired) electrons. The van der Waals surface area contributed by atoms with Crippen LogP contribution in [-0.4, -0.2) is 11.4 Å². The Bertz CT molecular complexity index is 311. The van der Waals surface area contributed by atoms with Crippen LogP contribution in [0.15, 0.2) is 0 Å². The van der Waals surface area contributed by atoms with Crippen molar-refractivity contribution in [1.29, 1.82) is 0 Å². The van der Waals surface area contributed by atoms with Crippen molar-refractivity contribution in [3.05, 3.63) is 0 Å². The van der Waals surface area contributed by atoms with Crippen LogP contribution in [0.2, 0.25) is 0 Å². The third kappa shape index (κ3) is 5.37. The topological polar surface area (TPSA) is 26.3 Å². The monoisotopic (exact) mass is 288 g/mol. The lowest BCUT2D eigenvalue weighted by molar-refractivity contribution is -0.165. The second-order valence-corrected chi connectivity index (χ2v) is 8.80. The highest BCUT2D eigenvalue weighted by Gasteiger charge is 2.46. The second-order valence-electron chi connectivity index (χ2n) is 8.29. The summed E-state index contributed by atoms with van der Waals surface area (Å²) in [7, 11) is 0. The zero-order valence-corrected chi connectivity index (χ0v) is 15.0. The normalized spacial score (nSPS) is 15.5. The smallest absolute Gasteiger partial charge is 0.313 e. The fraction of sp³-hybridized carbons (Fsp3) is 0.938. The molecule has 0 bridgehead atoms. The number of carbonyl (C=O) groups is 1. The minimum absolute atomic E-state index is 0.132. The highest BCUT2D eigenvalue weighted by molar-refractivity contribution is 7.80. The van der Waals surface area contributed by atoms with Gasteiger partial charge in [0.15, 0.2) is 0 Å². The Balaban J connectivity index is 4.99. The number of carbonyl (C=O) groups excluding carboxylic acids is 1. The van der Waals surface area contributed by atoms with Crippen molar-refractivity contribution in [2.45, 2.75) is 74.2 Å². The van der Waals surface area contributed by atoms with Crippen LogP contribution in [0.4, 0.5) is 0 Å². The number of ether oxygens (including phenoxy) is 1. The molecule has 0 fully saturated rings. The molecule has 0 aromatic rings. The molecule has 19 heavy (non-hydrogen) atoms. The van der Waals surface area contributed by atoms with Crippen LogP contribution in [0.5, 0.6) is 0 Å². The van der Waals surface area contributed by atoms with Crippen LogP contribution in [-0.2, 0) is 9.53 Å². The van der Waals surface area contributed by atoms with E-state index in [1.54, 1.807) is 0 Å². The summed E-state index contributed by atoms with van der Waals surface area (Å²) in [5, 5.41) is 0. The van der Waals surface area contributed by atoms with Crippen molar-refractivity contribution < 1.29 is 9.53 Å². The molecule has 1 unspecified atom stereocenters. The fourth-order valence-electron chi connectivity index (χ4n) is 2.22. The van der Waals surface area contributed by atoms with E-state index in [4.69, 9.17) is 4.74 Å². The Morgan fingerprint density at radius 3 is 1.79 bits per heavy atom. The van der Waals surface area contributed by atoms with Gasteiger partial charge in [-0.25, -0.2) is 0 Å². The van der Waals surface area contributed by atoms with Gasteiger partial charge in [-0.05, 0) is 37.0 Å². The van der Waals surface area contributed by atoms with Crippen molar-refractivity contribution in [1.82, 2.24) is 0 Å². The molecule has 0 saturated carbocycles. The number of thiol groups is 1. The average molecular weight is 288 g/mol. The molecule has 0 aromatic heterocycles. The first kappa shape index (κ1) is 18.8. The zero-order valence-electron chi connectivity index (χ0n) is 14.1. The highest BCUT2D eigenvalue weighted by Crippen LogP contribution is 2.47. The van der Waals surface area contributed by atoms with Crippen LogP contribution >= 0.6 is 12.6 Å². The van der Waals surface area contributed by atoms with E-state index in [0.717, 1.165) is 6.42 Å². The van der Waals surface area contributed by atoms with Gasteiger partial charge in [0, 0.05) is 0 Å². The molecule has 2 nitrogen and oxygen atoms in total.